The van der Waals surface area contributed by atoms with E-state index in [-0.39, 0.29) is 23.6 Å². The predicted molar refractivity (Wildman–Crippen MR) is 154 cm³/mol. The molecule has 6 rings (SSSR count). The number of piperazine rings is 1. The van der Waals surface area contributed by atoms with Crippen molar-refractivity contribution in [2.45, 2.75) is 58.7 Å². The highest BCUT2D eigenvalue weighted by atomic mass is 19.4. The molecule has 1 aliphatic heterocycles. The molecule has 12 heteroatoms. The summed E-state index contributed by atoms with van der Waals surface area (Å²) in [4.78, 5) is 31.5. The number of halogens is 3. The average Bonchev–Trinajstić information content (AvgIpc) is 3.70. The van der Waals surface area contributed by atoms with Crippen molar-refractivity contribution in [2.75, 3.05) is 38.0 Å². The number of nitrogens with one attached hydrogen (secondary N) is 1. The van der Waals surface area contributed by atoms with E-state index < -0.39 is 11.7 Å². The molecule has 0 atom stereocenters. The lowest BCUT2D eigenvalue weighted by Crippen LogP contribution is -2.48. The monoisotopic (exact) mass is 580 g/mol. The van der Waals surface area contributed by atoms with Crippen LogP contribution in [-0.2, 0) is 6.18 Å². The molecule has 2 aliphatic rings. The second-order valence-corrected chi connectivity index (χ2v) is 11.2. The number of nitrogens with zero attached hydrogens (tertiary/aromatic N) is 7. The Kier molecular flexibility index (Phi) is 7.42. The molecule has 1 saturated carbocycles. The SMILES string of the molecule is CCN1CCN(C(=O)c2cc3cnc(Nc4cc(-n5cc(C)nc5C)cc(C(F)(F)F)c4)nc3n2C2CCCC2)CC1. The molecule has 2 fully saturated rings. The standard InChI is InChI=1S/C30H35F3N8O/c1-4-38-9-11-39(12-10-38)28(42)26-13-21-17-34-29(37-27(21)41(26)24-7-5-6-8-24)36-23-14-22(30(31,32)33)15-25(16-23)40-18-19(2)35-20(40)3/h13-18,24H,4-12H2,1-3H3,(H,34,36,37). The zero-order chi connectivity index (χ0) is 29.6. The average molecular weight is 581 g/mol. The molecule has 0 spiro atoms. The van der Waals surface area contributed by atoms with Crippen LogP contribution in [0.15, 0.2) is 36.7 Å². The van der Waals surface area contributed by atoms with Gasteiger partial charge in [0, 0.05) is 61.4 Å². The summed E-state index contributed by atoms with van der Waals surface area (Å²) in [5, 5.41) is 3.74. The van der Waals surface area contributed by atoms with E-state index in [9.17, 15) is 18.0 Å². The molecule has 3 aromatic heterocycles. The lowest BCUT2D eigenvalue weighted by molar-refractivity contribution is -0.137. The maximum atomic E-state index is 13.9. The van der Waals surface area contributed by atoms with Gasteiger partial charge in [0.1, 0.15) is 17.2 Å². The van der Waals surface area contributed by atoms with Gasteiger partial charge in [-0.3, -0.25) is 4.79 Å². The van der Waals surface area contributed by atoms with E-state index in [2.05, 4.69) is 27.1 Å². The fraction of sp³-hybridized carbons (Fsp3) is 0.467. The number of alkyl halides is 3. The van der Waals surface area contributed by atoms with Crippen molar-refractivity contribution in [1.82, 2.24) is 33.9 Å². The Morgan fingerprint density at radius 3 is 2.40 bits per heavy atom. The largest absolute Gasteiger partial charge is 0.416 e. The Labute approximate surface area is 242 Å². The van der Waals surface area contributed by atoms with Crippen molar-refractivity contribution >= 4 is 28.6 Å². The molecule has 4 aromatic rings. The Balaban J connectivity index is 1.37. The highest BCUT2D eigenvalue weighted by molar-refractivity contribution is 5.98. The van der Waals surface area contributed by atoms with Crippen LogP contribution >= 0.6 is 0 Å². The predicted octanol–water partition coefficient (Wildman–Crippen LogP) is 5.89. The number of aromatic nitrogens is 5. The molecule has 0 unspecified atom stereocenters. The van der Waals surface area contributed by atoms with E-state index >= 15 is 0 Å². The van der Waals surface area contributed by atoms with E-state index in [0.29, 0.717) is 41.6 Å². The van der Waals surface area contributed by atoms with Crippen molar-refractivity contribution in [3.8, 4) is 5.69 Å². The maximum absolute atomic E-state index is 13.9. The van der Waals surface area contributed by atoms with Gasteiger partial charge in [-0.25, -0.2) is 9.97 Å². The summed E-state index contributed by atoms with van der Waals surface area (Å²) in [6.45, 7) is 9.66. The molecule has 1 saturated heterocycles. The number of benzene rings is 1. The number of fused-ring (bicyclic) bond motifs is 1. The van der Waals surface area contributed by atoms with Crippen molar-refractivity contribution in [3.63, 3.8) is 0 Å². The normalized spacial score (nSPS) is 17.0. The molecule has 1 amide bonds. The summed E-state index contributed by atoms with van der Waals surface area (Å²) >= 11 is 0. The van der Waals surface area contributed by atoms with Gasteiger partial charge in [0.2, 0.25) is 5.95 Å². The molecule has 42 heavy (non-hydrogen) atoms. The summed E-state index contributed by atoms with van der Waals surface area (Å²) in [7, 11) is 0. The van der Waals surface area contributed by atoms with E-state index in [0.717, 1.165) is 62.8 Å². The van der Waals surface area contributed by atoms with Gasteiger partial charge < -0.3 is 24.3 Å². The first-order valence-corrected chi connectivity index (χ1v) is 14.5. The highest BCUT2D eigenvalue weighted by Gasteiger charge is 2.32. The number of aryl methyl sites for hydroxylation is 2. The fourth-order valence-corrected chi connectivity index (χ4v) is 6.19. The first kappa shape index (κ1) is 28.2. The number of carbonyl (C=O) groups is 1. The third-order valence-electron chi connectivity index (χ3n) is 8.37. The Morgan fingerprint density at radius 1 is 1.02 bits per heavy atom. The van der Waals surface area contributed by atoms with E-state index in [4.69, 9.17) is 4.98 Å². The van der Waals surface area contributed by atoms with Crippen LogP contribution in [0.2, 0.25) is 0 Å². The number of amides is 1. The highest BCUT2D eigenvalue weighted by Crippen LogP contribution is 2.36. The van der Waals surface area contributed by atoms with Crippen molar-refractivity contribution in [3.05, 3.63) is 59.4 Å². The molecular formula is C30H35F3N8O. The Hall–Kier alpha value is -3.93. The minimum Gasteiger partial charge on any atom is -0.335 e. The quantitative estimate of drug-likeness (QED) is 0.306. The summed E-state index contributed by atoms with van der Waals surface area (Å²) in [6.07, 6.45) is 2.83. The van der Waals surface area contributed by atoms with Crippen molar-refractivity contribution in [1.29, 1.82) is 0 Å². The van der Waals surface area contributed by atoms with Crippen LogP contribution in [-0.4, -0.2) is 72.5 Å². The number of imidazole rings is 1. The number of anilines is 2. The number of hydrogen-bond donors (Lipinski definition) is 1. The molecule has 0 radical (unpaired) electrons. The minimum atomic E-state index is -4.55. The molecule has 4 heterocycles. The van der Waals surface area contributed by atoms with Crippen LogP contribution in [0.4, 0.5) is 24.8 Å². The molecule has 222 valence electrons. The lowest BCUT2D eigenvalue weighted by atomic mass is 10.1. The van der Waals surface area contributed by atoms with Crippen molar-refractivity contribution in [2.24, 2.45) is 0 Å². The smallest absolute Gasteiger partial charge is 0.335 e. The van der Waals surface area contributed by atoms with Gasteiger partial charge in [-0.2, -0.15) is 18.2 Å². The molecule has 1 N–H and O–H groups in total. The number of hydrogen-bond acceptors (Lipinski definition) is 6. The summed E-state index contributed by atoms with van der Waals surface area (Å²) < 4.78 is 45.3. The van der Waals surface area contributed by atoms with Gasteiger partial charge in [-0.05, 0) is 57.5 Å². The molecular weight excluding hydrogens is 545 g/mol. The second-order valence-electron chi connectivity index (χ2n) is 11.2. The molecule has 1 aliphatic carbocycles. The van der Waals surface area contributed by atoms with E-state index in [1.165, 1.54) is 0 Å². The van der Waals surface area contributed by atoms with Crippen molar-refractivity contribution < 1.29 is 18.0 Å². The number of rotatable bonds is 6. The minimum absolute atomic E-state index is 0.0151. The van der Waals surface area contributed by atoms with Crippen LogP contribution in [0.3, 0.4) is 0 Å². The number of likely N-dealkylation sites (N-methyl/N-ethyl adjacent to an activating group) is 1. The van der Waals surface area contributed by atoms with Gasteiger partial charge in [-0.15, -0.1) is 0 Å². The topological polar surface area (TPSA) is 84.1 Å². The van der Waals surface area contributed by atoms with E-state index in [1.807, 2.05) is 15.5 Å². The third-order valence-corrected chi connectivity index (χ3v) is 8.37. The van der Waals surface area contributed by atoms with Crippen LogP contribution in [0.25, 0.3) is 16.7 Å². The van der Waals surface area contributed by atoms with Crippen LogP contribution in [0.5, 0.6) is 0 Å². The fourth-order valence-electron chi connectivity index (χ4n) is 6.19. The lowest BCUT2D eigenvalue weighted by Gasteiger charge is -2.34. The van der Waals surface area contributed by atoms with Gasteiger partial charge in [0.05, 0.1) is 11.3 Å². The summed E-state index contributed by atoms with van der Waals surface area (Å²) in [5.74, 6) is 0.732. The van der Waals surface area contributed by atoms with Gasteiger partial charge >= 0.3 is 6.18 Å². The van der Waals surface area contributed by atoms with Crippen LogP contribution < -0.4 is 5.32 Å². The van der Waals surface area contributed by atoms with Crippen LogP contribution in [0.1, 0.15) is 66.2 Å². The molecule has 0 bridgehead atoms. The summed E-state index contributed by atoms with van der Waals surface area (Å²) in [6, 6.07) is 5.77. The Morgan fingerprint density at radius 2 is 1.76 bits per heavy atom. The third kappa shape index (κ3) is 5.47. The maximum Gasteiger partial charge on any atom is 0.416 e. The Bertz CT molecular complexity index is 1610. The second kappa shape index (κ2) is 11.0. The van der Waals surface area contributed by atoms with Gasteiger partial charge in [0.25, 0.3) is 5.91 Å². The van der Waals surface area contributed by atoms with E-state index in [1.54, 1.807) is 36.9 Å². The zero-order valence-electron chi connectivity index (χ0n) is 24.1. The summed E-state index contributed by atoms with van der Waals surface area (Å²) in [5.41, 5.74) is 1.66. The van der Waals surface area contributed by atoms with Gasteiger partial charge in [0.15, 0.2) is 0 Å². The van der Waals surface area contributed by atoms with Crippen LogP contribution in [0, 0.1) is 13.8 Å². The molecule has 9 nitrogen and oxygen atoms in total. The first-order valence-electron chi connectivity index (χ1n) is 14.5. The number of carbonyl (C=O) groups excluding carboxylic acids is 1. The molecule has 1 aromatic carbocycles. The first-order chi connectivity index (χ1) is 20.1. The van der Waals surface area contributed by atoms with Gasteiger partial charge in [-0.1, -0.05) is 19.8 Å². The zero-order valence-corrected chi connectivity index (χ0v) is 24.1.